The zero-order chi connectivity index (χ0) is 16.2. The largest absolute Gasteiger partial charge is 0.411 e. The Kier molecular flexibility index (Phi) is 5.65. The van der Waals surface area contributed by atoms with Crippen molar-refractivity contribution in [1.29, 1.82) is 0 Å². The molecule has 1 unspecified atom stereocenters. The molecule has 0 radical (unpaired) electrons. The quantitative estimate of drug-likeness (QED) is 0.908. The van der Waals surface area contributed by atoms with E-state index in [0.29, 0.717) is 11.5 Å². The summed E-state index contributed by atoms with van der Waals surface area (Å²) in [6.45, 7) is 5.32. The lowest BCUT2D eigenvalue weighted by Crippen LogP contribution is -2.31. The standard InChI is InChI=1S/C13H18F3N3O2/c1-7(2)11-17-8(3)5-10(18-11)19-12(20)9(4)21-6-13(14,15)16/h5,7,9H,6H2,1-4H3,(H,17,18,19,20). The van der Waals surface area contributed by atoms with Crippen molar-refractivity contribution in [1.82, 2.24) is 9.97 Å². The summed E-state index contributed by atoms with van der Waals surface area (Å²) in [5.74, 6) is 0.180. The summed E-state index contributed by atoms with van der Waals surface area (Å²) in [7, 11) is 0. The summed E-state index contributed by atoms with van der Waals surface area (Å²) >= 11 is 0. The molecule has 0 fully saturated rings. The van der Waals surface area contributed by atoms with E-state index < -0.39 is 24.8 Å². The molecule has 0 aliphatic heterocycles. The van der Waals surface area contributed by atoms with Gasteiger partial charge in [0.05, 0.1) is 0 Å². The minimum atomic E-state index is -4.47. The molecule has 1 N–H and O–H groups in total. The van der Waals surface area contributed by atoms with Gasteiger partial charge in [-0.15, -0.1) is 0 Å². The number of carbonyl (C=O) groups excluding carboxylic acids is 1. The predicted octanol–water partition coefficient (Wildman–Crippen LogP) is 2.81. The number of halogens is 3. The van der Waals surface area contributed by atoms with Gasteiger partial charge >= 0.3 is 6.18 Å². The van der Waals surface area contributed by atoms with Gasteiger partial charge in [0.15, 0.2) is 0 Å². The monoisotopic (exact) mass is 305 g/mol. The number of amides is 1. The Balaban J connectivity index is 2.70. The summed E-state index contributed by atoms with van der Waals surface area (Å²) in [5, 5.41) is 2.43. The lowest BCUT2D eigenvalue weighted by molar-refractivity contribution is -0.184. The van der Waals surface area contributed by atoms with E-state index in [-0.39, 0.29) is 11.7 Å². The van der Waals surface area contributed by atoms with E-state index in [1.165, 1.54) is 6.92 Å². The molecule has 0 saturated carbocycles. The first kappa shape index (κ1) is 17.4. The number of nitrogens with zero attached hydrogens (tertiary/aromatic N) is 2. The van der Waals surface area contributed by atoms with Crippen LogP contribution in [0.4, 0.5) is 19.0 Å². The SMILES string of the molecule is Cc1cc(NC(=O)C(C)OCC(F)(F)F)nc(C(C)C)n1. The van der Waals surface area contributed by atoms with Crippen molar-refractivity contribution in [2.75, 3.05) is 11.9 Å². The van der Waals surface area contributed by atoms with Crippen LogP contribution < -0.4 is 5.32 Å². The molecule has 0 aliphatic rings. The second-order valence-corrected chi connectivity index (χ2v) is 4.97. The Bertz CT molecular complexity index is 504. The number of hydrogen-bond donors (Lipinski definition) is 1. The van der Waals surface area contributed by atoms with E-state index in [1.807, 2.05) is 13.8 Å². The van der Waals surface area contributed by atoms with Crippen LogP contribution in [0.2, 0.25) is 0 Å². The Morgan fingerprint density at radius 2 is 1.95 bits per heavy atom. The van der Waals surface area contributed by atoms with E-state index in [0.717, 1.165) is 0 Å². The number of alkyl halides is 3. The van der Waals surface area contributed by atoms with Crippen LogP contribution in [0.1, 0.15) is 38.2 Å². The van der Waals surface area contributed by atoms with Gasteiger partial charge in [0.2, 0.25) is 0 Å². The Morgan fingerprint density at radius 3 is 2.48 bits per heavy atom. The lowest BCUT2D eigenvalue weighted by Gasteiger charge is -2.15. The second-order valence-electron chi connectivity index (χ2n) is 4.97. The van der Waals surface area contributed by atoms with Crippen molar-refractivity contribution >= 4 is 11.7 Å². The Hall–Kier alpha value is -1.70. The highest BCUT2D eigenvalue weighted by molar-refractivity contribution is 5.93. The average molecular weight is 305 g/mol. The molecular formula is C13H18F3N3O2. The van der Waals surface area contributed by atoms with Crippen molar-refractivity contribution in [2.24, 2.45) is 0 Å². The third kappa shape index (κ3) is 6.07. The molecule has 118 valence electrons. The molecular weight excluding hydrogens is 287 g/mol. The molecule has 1 aromatic heterocycles. The Morgan fingerprint density at radius 1 is 1.33 bits per heavy atom. The highest BCUT2D eigenvalue weighted by atomic mass is 19.4. The van der Waals surface area contributed by atoms with Crippen molar-refractivity contribution in [3.8, 4) is 0 Å². The smallest absolute Gasteiger partial charge is 0.359 e. The summed E-state index contributed by atoms with van der Waals surface area (Å²) in [5.41, 5.74) is 0.660. The number of aromatic nitrogens is 2. The maximum absolute atomic E-state index is 12.0. The van der Waals surface area contributed by atoms with Gasteiger partial charge in [-0.3, -0.25) is 4.79 Å². The van der Waals surface area contributed by atoms with E-state index >= 15 is 0 Å². The topological polar surface area (TPSA) is 64.1 Å². The number of rotatable bonds is 5. The number of carbonyl (C=O) groups is 1. The molecule has 1 aromatic rings. The van der Waals surface area contributed by atoms with Gasteiger partial charge in [-0.2, -0.15) is 13.2 Å². The molecule has 0 spiro atoms. The molecule has 8 heteroatoms. The number of ether oxygens (including phenoxy) is 1. The average Bonchev–Trinajstić information content (AvgIpc) is 2.34. The van der Waals surface area contributed by atoms with Gasteiger partial charge in [-0.05, 0) is 13.8 Å². The first-order chi connectivity index (χ1) is 9.58. The molecule has 21 heavy (non-hydrogen) atoms. The highest BCUT2D eigenvalue weighted by Gasteiger charge is 2.30. The maximum Gasteiger partial charge on any atom is 0.411 e. The molecule has 1 rings (SSSR count). The van der Waals surface area contributed by atoms with Crippen molar-refractivity contribution in [2.45, 2.75) is 45.9 Å². The first-order valence-corrected chi connectivity index (χ1v) is 6.43. The van der Waals surface area contributed by atoms with Crippen LogP contribution in [0.3, 0.4) is 0 Å². The van der Waals surface area contributed by atoms with E-state index in [4.69, 9.17) is 0 Å². The highest BCUT2D eigenvalue weighted by Crippen LogP contribution is 2.17. The van der Waals surface area contributed by atoms with Crippen LogP contribution in [0.15, 0.2) is 6.07 Å². The van der Waals surface area contributed by atoms with Crippen molar-refractivity contribution < 1.29 is 22.7 Å². The molecule has 5 nitrogen and oxygen atoms in total. The third-order valence-electron chi connectivity index (χ3n) is 2.51. The number of aryl methyl sites for hydroxylation is 1. The summed E-state index contributed by atoms with van der Waals surface area (Å²) in [4.78, 5) is 20.1. The third-order valence-corrected chi connectivity index (χ3v) is 2.51. The fourth-order valence-electron chi connectivity index (χ4n) is 1.44. The summed E-state index contributed by atoms with van der Waals surface area (Å²) in [6, 6.07) is 1.54. The van der Waals surface area contributed by atoms with E-state index in [2.05, 4.69) is 20.0 Å². The summed E-state index contributed by atoms with van der Waals surface area (Å²) < 4.78 is 40.5. The van der Waals surface area contributed by atoms with Gasteiger partial charge < -0.3 is 10.1 Å². The number of nitrogens with one attached hydrogen (secondary N) is 1. The van der Waals surface area contributed by atoms with Crippen LogP contribution >= 0.6 is 0 Å². The van der Waals surface area contributed by atoms with Crippen LogP contribution in [0.25, 0.3) is 0 Å². The molecule has 0 aromatic carbocycles. The van der Waals surface area contributed by atoms with E-state index in [9.17, 15) is 18.0 Å². The maximum atomic E-state index is 12.0. The predicted molar refractivity (Wildman–Crippen MR) is 71.0 cm³/mol. The normalized spacial score (nSPS) is 13.3. The van der Waals surface area contributed by atoms with Gasteiger partial charge in [-0.1, -0.05) is 13.8 Å². The summed E-state index contributed by atoms with van der Waals surface area (Å²) in [6.07, 6.45) is -5.70. The number of hydrogen-bond acceptors (Lipinski definition) is 4. The van der Waals surface area contributed by atoms with Gasteiger partial charge in [-0.25, -0.2) is 9.97 Å². The van der Waals surface area contributed by atoms with Gasteiger partial charge in [0.1, 0.15) is 24.4 Å². The zero-order valence-corrected chi connectivity index (χ0v) is 12.3. The van der Waals surface area contributed by atoms with Gasteiger partial charge in [0.25, 0.3) is 5.91 Å². The minimum Gasteiger partial charge on any atom is -0.359 e. The molecule has 1 amide bonds. The fourth-order valence-corrected chi connectivity index (χ4v) is 1.44. The first-order valence-electron chi connectivity index (χ1n) is 6.43. The van der Waals surface area contributed by atoms with Crippen LogP contribution in [-0.2, 0) is 9.53 Å². The van der Waals surface area contributed by atoms with Gasteiger partial charge in [0, 0.05) is 17.7 Å². The fraction of sp³-hybridized carbons (Fsp3) is 0.615. The van der Waals surface area contributed by atoms with Crippen molar-refractivity contribution in [3.05, 3.63) is 17.6 Å². The van der Waals surface area contributed by atoms with Crippen LogP contribution in [0, 0.1) is 6.92 Å². The number of anilines is 1. The Labute approximate surface area is 120 Å². The molecule has 0 saturated heterocycles. The molecule has 1 heterocycles. The molecule has 0 bridgehead atoms. The van der Waals surface area contributed by atoms with Crippen LogP contribution in [-0.4, -0.2) is 34.8 Å². The van der Waals surface area contributed by atoms with E-state index in [1.54, 1.807) is 13.0 Å². The molecule has 0 aliphatic carbocycles. The lowest BCUT2D eigenvalue weighted by atomic mass is 10.2. The second kappa shape index (κ2) is 6.84. The van der Waals surface area contributed by atoms with Crippen molar-refractivity contribution in [3.63, 3.8) is 0 Å². The minimum absolute atomic E-state index is 0.0689. The van der Waals surface area contributed by atoms with Crippen LogP contribution in [0.5, 0.6) is 0 Å². The molecule has 1 atom stereocenters. The zero-order valence-electron chi connectivity index (χ0n) is 12.3.